The van der Waals surface area contributed by atoms with Gasteiger partial charge in [0.2, 0.25) is 0 Å². The minimum Gasteiger partial charge on any atom is -1.00 e. The molecule has 0 fully saturated rings. The molecule has 0 aromatic carbocycles. The Kier molecular flexibility index (Phi) is 29.0. The Morgan fingerprint density at radius 3 is 2.21 bits per heavy atom. The molecule has 0 saturated carbocycles. The molecule has 0 aromatic heterocycles. The predicted molar refractivity (Wildman–Crippen MR) is 79.7 cm³/mol. The first-order valence-electron chi connectivity index (χ1n) is 7.24. The fourth-order valence-corrected chi connectivity index (χ4v) is 1.86. The second-order valence-electron chi connectivity index (χ2n) is 4.89. The monoisotopic (exact) mass is 394 g/mol. The molecule has 0 aliphatic rings. The summed E-state index contributed by atoms with van der Waals surface area (Å²) in [5, 5.41) is 0. The second kappa shape index (κ2) is 21.7. The van der Waals surface area contributed by atoms with Gasteiger partial charge in [-0.15, -0.1) is 0 Å². The standard InChI is InChI=1S/C15H31O2.HI.Mg/c1-4-6-7-8-12-16-14-17-13-9-11-15(3)10-5-2;;/h5,15H,4,6-14H2,1-3H3;1H;/q-1;;+2/p-1. The molecule has 0 aliphatic carbocycles. The van der Waals surface area contributed by atoms with Gasteiger partial charge >= 0.3 is 23.1 Å². The number of hydrogen-bond acceptors (Lipinski definition) is 2. The van der Waals surface area contributed by atoms with Crippen LogP contribution in [0.15, 0.2) is 0 Å². The Balaban J connectivity index is -0.00000128. The normalized spacial score (nSPS) is 11.5. The zero-order valence-corrected chi connectivity index (χ0v) is 16.7. The van der Waals surface area contributed by atoms with Gasteiger partial charge in [0.25, 0.3) is 0 Å². The van der Waals surface area contributed by atoms with Crippen LogP contribution in [-0.2, 0) is 9.47 Å². The van der Waals surface area contributed by atoms with Crippen molar-refractivity contribution in [3.8, 4) is 0 Å². The van der Waals surface area contributed by atoms with Gasteiger partial charge in [-0.05, 0) is 12.8 Å². The number of ether oxygens (including phenoxy) is 2. The average molecular weight is 395 g/mol. The van der Waals surface area contributed by atoms with Crippen molar-refractivity contribution in [1.29, 1.82) is 0 Å². The van der Waals surface area contributed by atoms with Crippen molar-refractivity contribution in [1.82, 2.24) is 0 Å². The maximum atomic E-state index is 5.44. The fourth-order valence-electron chi connectivity index (χ4n) is 1.86. The van der Waals surface area contributed by atoms with Crippen molar-refractivity contribution < 1.29 is 33.5 Å². The van der Waals surface area contributed by atoms with Gasteiger partial charge in [0.15, 0.2) is 0 Å². The summed E-state index contributed by atoms with van der Waals surface area (Å²) in [5.41, 5.74) is 0. The van der Waals surface area contributed by atoms with Crippen molar-refractivity contribution >= 4 is 23.1 Å². The minimum atomic E-state index is 0. The van der Waals surface area contributed by atoms with Gasteiger partial charge in [-0.2, -0.15) is 13.3 Å². The van der Waals surface area contributed by atoms with Crippen LogP contribution in [0.4, 0.5) is 0 Å². The zero-order valence-electron chi connectivity index (χ0n) is 13.1. The molecule has 0 rings (SSSR count). The predicted octanol–water partition coefficient (Wildman–Crippen LogP) is 1.21. The molecule has 0 amide bonds. The molecule has 0 N–H and O–H groups in total. The second-order valence-corrected chi connectivity index (χ2v) is 4.89. The maximum Gasteiger partial charge on any atom is 2.00 e. The molecular weight excluding hydrogens is 363 g/mol. The Hall–Kier alpha value is 1.42. The van der Waals surface area contributed by atoms with E-state index in [9.17, 15) is 0 Å². The van der Waals surface area contributed by atoms with Crippen LogP contribution in [0.5, 0.6) is 0 Å². The van der Waals surface area contributed by atoms with Crippen LogP contribution < -0.4 is 24.0 Å². The number of halogens is 1. The third-order valence-corrected chi connectivity index (χ3v) is 2.93. The number of unbranched alkanes of at least 4 members (excludes halogenated alkanes) is 3. The van der Waals surface area contributed by atoms with E-state index in [1.165, 1.54) is 38.5 Å². The first-order valence-corrected chi connectivity index (χ1v) is 7.24. The SMILES string of the molecule is C[CH-]CC(C)CCCOCOCCCCCC.[I-].[Mg+2]. The fraction of sp³-hybridized carbons (Fsp3) is 0.933. The van der Waals surface area contributed by atoms with E-state index in [-0.39, 0.29) is 47.0 Å². The van der Waals surface area contributed by atoms with Crippen LogP contribution in [0.3, 0.4) is 0 Å². The van der Waals surface area contributed by atoms with E-state index in [1.54, 1.807) is 0 Å². The molecule has 2 nitrogen and oxygen atoms in total. The third-order valence-electron chi connectivity index (χ3n) is 2.93. The summed E-state index contributed by atoms with van der Waals surface area (Å²) in [6.45, 7) is 8.80. The molecule has 19 heavy (non-hydrogen) atoms. The van der Waals surface area contributed by atoms with Crippen LogP contribution in [0, 0.1) is 12.3 Å². The molecule has 0 aliphatic heterocycles. The minimum absolute atomic E-state index is 0. The van der Waals surface area contributed by atoms with E-state index >= 15 is 0 Å². The Labute approximate surface area is 153 Å². The topological polar surface area (TPSA) is 18.5 Å². The molecule has 4 heteroatoms. The Bertz CT molecular complexity index is 148. The summed E-state index contributed by atoms with van der Waals surface area (Å²) in [5.74, 6) is 0.790. The Morgan fingerprint density at radius 1 is 1.00 bits per heavy atom. The van der Waals surface area contributed by atoms with Crippen LogP contribution in [0.1, 0.15) is 65.7 Å². The largest absolute Gasteiger partial charge is 2.00 e. The molecule has 0 radical (unpaired) electrons. The Morgan fingerprint density at radius 2 is 1.63 bits per heavy atom. The smallest absolute Gasteiger partial charge is 1.00 e. The van der Waals surface area contributed by atoms with Crippen LogP contribution in [-0.4, -0.2) is 43.1 Å². The van der Waals surface area contributed by atoms with Crippen molar-refractivity contribution in [3.63, 3.8) is 0 Å². The molecule has 0 saturated heterocycles. The van der Waals surface area contributed by atoms with Crippen LogP contribution in [0.2, 0.25) is 0 Å². The maximum absolute atomic E-state index is 5.44. The summed E-state index contributed by atoms with van der Waals surface area (Å²) in [4.78, 5) is 0. The molecular formula is C15H31IMgO2. The number of rotatable bonds is 13. The molecule has 0 bridgehead atoms. The van der Waals surface area contributed by atoms with Crippen LogP contribution in [0.25, 0.3) is 0 Å². The van der Waals surface area contributed by atoms with Gasteiger partial charge < -0.3 is 39.9 Å². The summed E-state index contributed by atoms with van der Waals surface area (Å²) in [6.07, 6.45) is 10.9. The zero-order chi connectivity index (χ0) is 12.8. The van der Waals surface area contributed by atoms with Crippen molar-refractivity contribution in [3.05, 3.63) is 6.42 Å². The van der Waals surface area contributed by atoms with E-state index in [1.807, 2.05) is 0 Å². The molecule has 1 unspecified atom stereocenters. The van der Waals surface area contributed by atoms with E-state index in [0.29, 0.717) is 6.79 Å². The van der Waals surface area contributed by atoms with Crippen LogP contribution >= 0.6 is 0 Å². The average Bonchev–Trinajstić information content (AvgIpc) is 2.32. The van der Waals surface area contributed by atoms with Crippen molar-refractivity contribution in [2.24, 2.45) is 5.92 Å². The quantitative estimate of drug-likeness (QED) is 0.154. The van der Waals surface area contributed by atoms with Crippen molar-refractivity contribution in [2.75, 3.05) is 20.0 Å². The third kappa shape index (κ3) is 21.9. The van der Waals surface area contributed by atoms with E-state index in [4.69, 9.17) is 9.47 Å². The molecule has 0 spiro atoms. The molecule has 0 aromatic rings. The first-order chi connectivity index (χ1) is 8.31. The number of hydrogen-bond donors (Lipinski definition) is 0. The van der Waals surface area contributed by atoms with Crippen molar-refractivity contribution in [2.45, 2.75) is 65.7 Å². The summed E-state index contributed by atoms with van der Waals surface area (Å²) >= 11 is 0. The summed E-state index contributed by atoms with van der Waals surface area (Å²) in [7, 11) is 0. The first kappa shape index (κ1) is 25.4. The summed E-state index contributed by atoms with van der Waals surface area (Å²) in [6, 6.07) is 0. The van der Waals surface area contributed by atoms with Gasteiger partial charge in [0, 0.05) is 13.2 Å². The van der Waals surface area contributed by atoms with Gasteiger partial charge in [0.05, 0.1) is 0 Å². The summed E-state index contributed by atoms with van der Waals surface area (Å²) < 4.78 is 10.8. The van der Waals surface area contributed by atoms with E-state index in [2.05, 4.69) is 27.2 Å². The van der Waals surface area contributed by atoms with E-state index in [0.717, 1.165) is 25.6 Å². The molecule has 1 atom stereocenters. The van der Waals surface area contributed by atoms with Gasteiger partial charge in [-0.25, -0.2) is 0 Å². The van der Waals surface area contributed by atoms with Gasteiger partial charge in [-0.1, -0.05) is 45.4 Å². The van der Waals surface area contributed by atoms with Gasteiger partial charge in [0.1, 0.15) is 6.79 Å². The van der Waals surface area contributed by atoms with Gasteiger partial charge in [-0.3, -0.25) is 0 Å². The van der Waals surface area contributed by atoms with E-state index < -0.39 is 0 Å². The molecule has 0 heterocycles. The molecule has 112 valence electrons.